The van der Waals surface area contributed by atoms with Gasteiger partial charge in [-0.2, -0.15) is 13.2 Å². The second kappa shape index (κ2) is 8.62. The second-order valence-electron chi connectivity index (χ2n) is 10.9. The Hall–Kier alpha value is -2.79. The van der Waals surface area contributed by atoms with Crippen LogP contribution in [-0.4, -0.2) is 64.1 Å². The number of hydrogen-bond acceptors (Lipinski definition) is 6. The topological polar surface area (TPSA) is 70.6 Å². The molecular weight excluding hydrogens is 490 g/mol. The number of anilines is 1. The molecule has 37 heavy (non-hydrogen) atoms. The van der Waals surface area contributed by atoms with Gasteiger partial charge in [-0.15, -0.1) is 0 Å². The van der Waals surface area contributed by atoms with Crippen LogP contribution in [0.3, 0.4) is 0 Å². The Kier molecular flexibility index (Phi) is 5.72. The Morgan fingerprint density at radius 3 is 2.51 bits per heavy atom. The lowest BCUT2D eigenvalue weighted by molar-refractivity contribution is -0.153. The summed E-state index contributed by atoms with van der Waals surface area (Å²) in [5.74, 6) is -0.828. The normalized spacial score (nSPS) is 27.7. The summed E-state index contributed by atoms with van der Waals surface area (Å²) in [6.45, 7) is 2.95. The Morgan fingerprint density at radius 1 is 1.16 bits per heavy atom. The van der Waals surface area contributed by atoms with Crippen LogP contribution in [0.4, 0.5) is 23.4 Å². The summed E-state index contributed by atoms with van der Waals surface area (Å²) in [5.41, 5.74) is -0.802. The lowest BCUT2D eigenvalue weighted by atomic mass is 9.71. The number of carbonyl (C=O) groups is 1. The molecule has 11 heteroatoms. The van der Waals surface area contributed by atoms with E-state index in [0.717, 1.165) is 37.3 Å². The zero-order valence-electron chi connectivity index (χ0n) is 20.7. The van der Waals surface area contributed by atoms with Crippen molar-refractivity contribution in [3.63, 3.8) is 0 Å². The van der Waals surface area contributed by atoms with E-state index in [4.69, 9.17) is 4.74 Å². The van der Waals surface area contributed by atoms with Gasteiger partial charge in [0.05, 0.1) is 36.1 Å². The molecule has 1 spiro atoms. The Bertz CT molecular complexity index is 1220. The van der Waals surface area contributed by atoms with Crippen molar-refractivity contribution in [3.05, 3.63) is 52.7 Å². The molecule has 4 aliphatic heterocycles. The summed E-state index contributed by atoms with van der Waals surface area (Å²) in [4.78, 5) is 26.9. The zero-order valence-corrected chi connectivity index (χ0v) is 20.7. The fourth-order valence-corrected chi connectivity index (χ4v) is 6.64. The largest absolute Gasteiger partial charge is 0.419 e. The fraction of sp³-hybridized carbons (Fsp3) is 0.577. The summed E-state index contributed by atoms with van der Waals surface area (Å²) in [5, 5.41) is 3.14. The molecule has 1 aromatic heterocycles. The Labute approximate surface area is 212 Å². The van der Waals surface area contributed by atoms with Gasteiger partial charge in [0.1, 0.15) is 23.4 Å². The van der Waals surface area contributed by atoms with Crippen LogP contribution in [0.1, 0.15) is 61.0 Å². The summed E-state index contributed by atoms with van der Waals surface area (Å²) in [7, 11) is 1.95. The number of fused-ring (bicyclic) bond motifs is 4. The molecule has 0 radical (unpaired) electrons. The number of ether oxygens (including phenoxy) is 1. The third-order valence-corrected chi connectivity index (χ3v) is 8.34. The number of likely N-dealkylation sites (N-methyl/N-ethyl adjacent to an activating group) is 1. The molecular formula is C26H29F4N5O2. The van der Waals surface area contributed by atoms with Gasteiger partial charge in [-0.3, -0.25) is 4.79 Å². The van der Waals surface area contributed by atoms with Crippen LogP contribution in [0, 0.1) is 5.82 Å². The van der Waals surface area contributed by atoms with Crippen molar-refractivity contribution in [1.82, 2.24) is 19.8 Å². The van der Waals surface area contributed by atoms with Gasteiger partial charge in [0.25, 0.3) is 0 Å². The number of hydrogen-bond donors (Lipinski definition) is 1. The number of amides is 1. The molecule has 5 heterocycles. The van der Waals surface area contributed by atoms with Crippen LogP contribution in [0.15, 0.2) is 24.5 Å². The fourth-order valence-electron chi connectivity index (χ4n) is 6.64. The van der Waals surface area contributed by atoms with E-state index in [-0.39, 0.29) is 29.7 Å². The van der Waals surface area contributed by atoms with E-state index in [0.29, 0.717) is 31.1 Å². The summed E-state index contributed by atoms with van der Waals surface area (Å²) in [6.07, 6.45) is 0.470. The SMILES string of the molecule is C[C@@H](Nc1ncnc2c1CN(C1CC3CCC(C1)O3)C(=O)C21CN(C)C1)c1cccc(C(F)(F)F)c1F. The predicted molar refractivity (Wildman–Crippen MR) is 126 cm³/mol. The van der Waals surface area contributed by atoms with E-state index in [1.807, 2.05) is 11.9 Å². The highest BCUT2D eigenvalue weighted by atomic mass is 19.4. The molecule has 198 valence electrons. The van der Waals surface area contributed by atoms with Gasteiger partial charge in [0.15, 0.2) is 0 Å². The van der Waals surface area contributed by atoms with Gasteiger partial charge in [-0.05, 0) is 45.7 Å². The average Bonchev–Trinajstić information content (AvgIpc) is 3.16. The third kappa shape index (κ3) is 3.98. The van der Waals surface area contributed by atoms with Crippen molar-refractivity contribution in [3.8, 4) is 0 Å². The minimum atomic E-state index is -4.79. The summed E-state index contributed by atoms with van der Waals surface area (Å²) < 4.78 is 60.7. The van der Waals surface area contributed by atoms with Gasteiger partial charge in [-0.1, -0.05) is 12.1 Å². The molecule has 3 atom stereocenters. The first-order chi connectivity index (χ1) is 17.6. The molecule has 6 rings (SSSR count). The van der Waals surface area contributed by atoms with Gasteiger partial charge in [0, 0.05) is 30.3 Å². The number of aromatic nitrogens is 2. The second-order valence-corrected chi connectivity index (χ2v) is 10.9. The maximum absolute atomic E-state index is 14.9. The van der Waals surface area contributed by atoms with Gasteiger partial charge in [0.2, 0.25) is 5.91 Å². The van der Waals surface area contributed by atoms with E-state index in [1.165, 1.54) is 18.5 Å². The molecule has 1 amide bonds. The monoisotopic (exact) mass is 519 g/mol. The highest BCUT2D eigenvalue weighted by Gasteiger charge is 2.57. The van der Waals surface area contributed by atoms with Crippen molar-refractivity contribution in [2.45, 2.75) is 75.0 Å². The zero-order chi connectivity index (χ0) is 26.1. The predicted octanol–water partition coefficient (Wildman–Crippen LogP) is 4.04. The number of nitrogens with one attached hydrogen (secondary N) is 1. The third-order valence-electron chi connectivity index (χ3n) is 8.34. The van der Waals surface area contributed by atoms with Crippen molar-refractivity contribution in [2.24, 2.45) is 0 Å². The van der Waals surface area contributed by atoms with Crippen LogP contribution < -0.4 is 5.32 Å². The van der Waals surface area contributed by atoms with Crippen molar-refractivity contribution < 1.29 is 27.1 Å². The molecule has 2 bridgehead atoms. The van der Waals surface area contributed by atoms with Gasteiger partial charge >= 0.3 is 6.18 Å². The molecule has 1 N–H and O–H groups in total. The number of alkyl halides is 3. The quantitative estimate of drug-likeness (QED) is 0.615. The highest BCUT2D eigenvalue weighted by molar-refractivity contribution is 5.92. The van der Waals surface area contributed by atoms with Crippen molar-refractivity contribution >= 4 is 11.7 Å². The van der Waals surface area contributed by atoms with E-state index in [1.54, 1.807) is 6.92 Å². The van der Waals surface area contributed by atoms with Gasteiger partial charge < -0.3 is 19.9 Å². The number of likely N-dealkylation sites (tertiary alicyclic amines) is 1. The lowest BCUT2D eigenvalue weighted by Gasteiger charge is -2.54. The van der Waals surface area contributed by atoms with Crippen LogP contribution in [0.5, 0.6) is 0 Å². The van der Waals surface area contributed by atoms with Crippen molar-refractivity contribution in [2.75, 3.05) is 25.5 Å². The molecule has 0 aliphatic carbocycles. The maximum atomic E-state index is 14.9. The molecule has 3 fully saturated rings. The number of carbonyl (C=O) groups excluding carboxylic acids is 1. The van der Waals surface area contributed by atoms with Crippen LogP contribution >= 0.6 is 0 Å². The van der Waals surface area contributed by atoms with Crippen LogP contribution in [-0.2, 0) is 27.7 Å². The maximum Gasteiger partial charge on any atom is 0.419 e. The molecule has 4 aliphatic rings. The molecule has 7 nitrogen and oxygen atoms in total. The average molecular weight is 520 g/mol. The number of halogens is 4. The van der Waals surface area contributed by atoms with E-state index in [2.05, 4.69) is 20.2 Å². The minimum Gasteiger partial charge on any atom is -0.375 e. The standard InChI is InChI=1S/C26H29F4N5O2/c1-14(18-4-3-5-20(21(18)27)26(28,29)30)33-23-19-10-35(15-8-16-6-7-17(9-15)37-16)24(36)25(11-34(2)12-25)22(19)31-13-32-23/h3-5,13-17H,6-12H2,1-2H3,(H,31,32,33)/t14-,15?,16?,17?/m1/s1. The summed E-state index contributed by atoms with van der Waals surface area (Å²) >= 11 is 0. The van der Waals surface area contributed by atoms with Crippen molar-refractivity contribution in [1.29, 1.82) is 0 Å². The Balaban J connectivity index is 1.35. The molecule has 0 saturated carbocycles. The van der Waals surface area contributed by atoms with Crippen LogP contribution in [0.2, 0.25) is 0 Å². The first-order valence-corrected chi connectivity index (χ1v) is 12.7. The summed E-state index contributed by atoms with van der Waals surface area (Å²) in [6, 6.07) is 2.52. The number of rotatable bonds is 4. The molecule has 2 aromatic rings. The molecule has 3 saturated heterocycles. The van der Waals surface area contributed by atoms with E-state index >= 15 is 0 Å². The first kappa shape index (κ1) is 24.5. The number of benzene rings is 1. The van der Waals surface area contributed by atoms with Gasteiger partial charge in [-0.25, -0.2) is 14.4 Å². The van der Waals surface area contributed by atoms with E-state index < -0.39 is 29.0 Å². The molecule has 2 unspecified atom stereocenters. The number of nitrogens with zero attached hydrogens (tertiary/aromatic N) is 4. The van der Waals surface area contributed by atoms with Crippen LogP contribution in [0.25, 0.3) is 0 Å². The minimum absolute atomic E-state index is 0.0427. The van der Waals surface area contributed by atoms with E-state index in [9.17, 15) is 22.4 Å². The Morgan fingerprint density at radius 2 is 1.86 bits per heavy atom. The smallest absolute Gasteiger partial charge is 0.375 e. The first-order valence-electron chi connectivity index (χ1n) is 12.7. The molecule has 1 aromatic carbocycles. The lowest BCUT2D eigenvalue weighted by Crippen LogP contribution is -2.69. The highest BCUT2D eigenvalue weighted by Crippen LogP contribution is 2.45.